The molecule has 0 fully saturated rings. The molecule has 0 saturated heterocycles. The van der Waals surface area contributed by atoms with Crippen LogP contribution in [-0.2, 0) is 28.7 Å². The number of carbonyl (C=O) groups excluding carboxylic acids is 1. The summed E-state index contributed by atoms with van der Waals surface area (Å²) in [5.41, 5.74) is 2.41. The monoisotopic (exact) mass is 597 g/mol. The molecule has 2 atom stereocenters. The molecule has 0 aliphatic heterocycles. The lowest BCUT2D eigenvalue weighted by Gasteiger charge is -2.29. The van der Waals surface area contributed by atoms with Crippen LogP contribution in [0.4, 0.5) is 15.8 Å². The van der Waals surface area contributed by atoms with E-state index >= 15 is 4.39 Å². The van der Waals surface area contributed by atoms with Gasteiger partial charge in [0.1, 0.15) is 0 Å². The van der Waals surface area contributed by atoms with Gasteiger partial charge in [-0.2, -0.15) is 0 Å². The number of hydrogen-bond donors (Lipinski definition) is 4. The maximum Gasteiger partial charge on any atom is 0.228 e. The number of rotatable bonds is 13. The van der Waals surface area contributed by atoms with Crippen molar-refractivity contribution < 1.29 is 14.3 Å². The molecule has 8 heteroatoms. The Morgan fingerprint density at radius 1 is 1.12 bits per heavy atom. The molecule has 0 aliphatic rings. The highest BCUT2D eigenvalue weighted by Gasteiger charge is 2.38. The van der Waals surface area contributed by atoms with Crippen molar-refractivity contribution in [1.29, 1.82) is 5.41 Å². The van der Waals surface area contributed by atoms with Crippen molar-refractivity contribution in [2.75, 3.05) is 17.2 Å². The van der Waals surface area contributed by atoms with E-state index in [0.717, 1.165) is 16.8 Å². The van der Waals surface area contributed by atoms with Gasteiger partial charge in [0.25, 0.3) is 0 Å². The summed E-state index contributed by atoms with van der Waals surface area (Å²) < 4.78 is 15.4. The molecule has 4 N–H and O–H groups in total. The first-order valence-corrected chi connectivity index (χ1v) is 14.3. The van der Waals surface area contributed by atoms with E-state index in [0.29, 0.717) is 46.2 Å². The third-order valence-corrected chi connectivity index (χ3v) is 7.81. The second-order valence-corrected chi connectivity index (χ2v) is 11.9. The number of aryl methyl sites for hydroxylation is 1. The maximum absolute atomic E-state index is 15.4. The Balaban J connectivity index is 1.71. The van der Waals surface area contributed by atoms with Crippen LogP contribution < -0.4 is 10.6 Å². The van der Waals surface area contributed by atoms with E-state index < -0.39 is 11.8 Å². The van der Waals surface area contributed by atoms with E-state index in [4.69, 9.17) is 28.6 Å². The first-order valence-electron chi connectivity index (χ1n) is 13.5. The molecular weight excluding hydrogens is 560 g/mol. The van der Waals surface area contributed by atoms with Crippen molar-refractivity contribution in [3.05, 3.63) is 105 Å². The van der Waals surface area contributed by atoms with Gasteiger partial charge in [-0.05, 0) is 91.1 Å². The van der Waals surface area contributed by atoms with Crippen molar-refractivity contribution in [2.45, 2.75) is 64.1 Å². The second kappa shape index (κ2) is 13.6. The van der Waals surface area contributed by atoms with Crippen molar-refractivity contribution in [3.8, 4) is 0 Å². The summed E-state index contributed by atoms with van der Waals surface area (Å²) in [6.45, 7) is 11.4. The lowest BCUT2D eigenvalue weighted by molar-refractivity contribution is -0.115. The van der Waals surface area contributed by atoms with E-state index in [1.54, 1.807) is 37.3 Å². The summed E-state index contributed by atoms with van der Waals surface area (Å²) in [6.07, 6.45) is 1.42. The smallest absolute Gasteiger partial charge is 0.228 e. The van der Waals surface area contributed by atoms with Crippen molar-refractivity contribution in [3.63, 3.8) is 0 Å². The third kappa shape index (κ3) is 7.97. The Morgan fingerprint density at radius 2 is 1.80 bits per heavy atom. The molecule has 0 aliphatic carbocycles. The first kappa shape index (κ1) is 32.3. The van der Waals surface area contributed by atoms with Gasteiger partial charge in [0.05, 0.1) is 12.5 Å². The highest BCUT2D eigenvalue weighted by Crippen LogP contribution is 2.37. The van der Waals surface area contributed by atoms with Gasteiger partial charge in [0.15, 0.2) is 5.67 Å². The average molecular weight is 599 g/mol. The Labute approximate surface area is 252 Å². The molecule has 5 nitrogen and oxygen atoms in total. The van der Waals surface area contributed by atoms with Crippen LogP contribution in [0.5, 0.6) is 0 Å². The number of carbonyl (C=O) groups is 1. The highest BCUT2D eigenvalue weighted by molar-refractivity contribution is 6.35. The fraction of sp³-hybridized carbons (Fsp3) is 0.333. The minimum Gasteiger partial charge on any atom is -0.389 e. The lowest BCUT2D eigenvalue weighted by Crippen LogP contribution is -2.34. The van der Waals surface area contributed by atoms with E-state index in [2.05, 4.69) is 31.1 Å². The zero-order chi connectivity index (χ0) is 30.4. The summed E-state index contributed by atoms with van der Waals surface area (Å²) in [6, 6.07) is 17.7. The predicted octanol–water partition coefficient (Wildman–Crippen LogP) is 8.27. The van der Waals surface area contributed by atoms with Crippen LogP contribution in [0.25, 0.3) is 0 Å². The van der Waals surface area contributed by atoms with Crippen LogP contribution in [0.15, 0.2) is 72.8 Å². The van der Waals surface area contributed by atoms with Crippen molar-refractivity contribution in [2.24, 2.45) is 0 Å². The number of aliphatic hydroxyl groups excluding tert-OH is 1. The Morgan fingerprint density at radius 3 is 2.39 bits per heavy atom. The van der Waals surface area contributed by atoms with Gasteiger partial charge in [0, 0.05) is 33.4 Å². The molecule has 3 rings (SSSR count). The zero-order valence-corrected chi connectivity index (χ0v) is 25.5. The van der Waals surface area contributed by atoms with Crippen LogP contribution in [0, 0.1) is 5.41 Å². The lowest BCUT2D eigenvalue weighted by atomic mass is 9.84. The van der Waals surface area contributed by atoms with E-state index in [9.17, 15) is 9.90 Å². The zero-order valence-electron chi connectivity index (χ0n) is 24.0. The molecule has 3 aromatic rings. The SMILES string of the molecule is C=C(C)C(F)(c1ccc(CC(=O)Nc2ccc(NCC(C)(C)c3ccc(Cl)cc3Cl)c(CCC=N)c2)cc1)C(C)O. The number of anilines is 2. The number of halogens is 3. The topological polar surface area (TPSA) is 85.2 Å². The third-order valence-electron chi connectivity index (χ3n) is 7.26. The molecule has 0 heterocycles. The number of alkyl halides is 1. The average Bonchev–Trinajstić information content (AvgIpc) is 2.90. The molecule has 41 heavy (non-hydrogen) atoms. The predicted molar refractivity (Wildman–Crippen MR) is 170 cm³/mol. The van der Waals surface area contributed by atoms with Gasteiger partial charge in [-0.25, -0.2) is 4.39 Å². The Bertz CT molecular complexity index is 1410. The number of benzene rings is 3. The fourth-order valence-corrected chi connectivity index (χ4v) is 5.49. The molecule has 3 aromatic carbocycles. The summed E-state index contributed by atoms with van der Waals surface area (Å²) in [7, 11) is 0. The van der Waals surface area contributed by atoms with Gasteiger partial charge < -0.3 is 21.1 Å². The van der Waals surface area contributed by atoms with E-state index in [-0.39, 0.29) is 23.3 Å². The summed E-state index contributed by atoms with van der Waals surface area (Å²) in [5.74, 6) is -0.211. The number of hydrogen-bond acceptors (Lipinski definition) is 4. The Kier molecular flexibility index (Phi) is 10.8. The molecule has 218 valence electrons. The number of nitrogens with one attached hydrogen (secondary N) is 3. The minimum absolute atomic E-state index is 0.104. The van der Waals surface area contributed by atoms with Crippen molar-refractivity contribution in [1.82, 2.24) is 0 Å². The van der Waals surface area contributed by atoms with Crippen LogP contribution in [0.3, 0.4) is 0 Å². The normalized spacial score (nSPS) is 13.7. The molecule has 0 aromatic heterocycles. The molecule has 0 saturated carbocycles. The van der Waals surface area contributed by atoms with Gasteiger partial charge >= 0.3 is 0 Å². The van der Waals surface area contributed by atoms with E-state index in [1.165, 1.54) is 13.1 Å². The van der Waals surface area contributed by atoms with Gasteiger partial charge in [0.2, 0.25) is 5.91 Å². The van der Waals surface area contributed by atoms with Gasteiger partial charge in [-0.15, -0.1) is 0 Å². The number of amides is 1. The summed E-state index contributed by atoms with van der Waals surface area (Å²) >= 11 is 12.5. The largest absolute Gasteiger partial charge is 0.389 e. The molecule has 0 spiro atoms. The molecular formula is C33H38Cl2FN3O2. The fourth-order valence-electron chi connectivity index (χ4n) is 4.83. The van der Waals surface area contributed by atoms with Crippen LogP contribution >= 0.6 is 23.2 Å². The highest BCUT2D eigenvalue weighted by atomic mass is 35.5. The molecule has 2 unspecified atom stereocenters. The second-order valence-electron chi connectivity index (χ2n) is 11.1. The first-order chi connectivity index (χ1) is 19.3. The van der Waals surface area contributed by atoms with E-state index in [1.807, 2.05) is 30.3 Å². The summed E-state index contributed by atoms with van der Waals surface area (Å²) in [4.78, 5) is 12.8. The Hall–Kier alpha value is -3.19. The van der Waals surface area contributed by atoms with Crippen LogP contribution in [0.2, 0.25) is 10.0 Å². The molecule has 1 amide bonds. The summed E-state index contributed by atoms with van der Waals surface area (Å²) in [5, 5.41) is 25.1. The molecule has 0 radical (unpaired) electrons. The van der Waals surface area contributed by atoms with Gasteiger partial charge in [-0.1, -0.05) is 74.0 Å². The maximum atomic E-state index is 15.4. The quantitative estimate of drug-likeness (QED) is 0.118. The van der Waals surface area contributed by atoms with Gasteiger partial charge in [-0.3, -0.25) is 4.79 Å². The van der Waals surface area contributed by atoms with Crippen LogP contribution in [0.1, 0.15) is 56.4 Å². The van der Waals surface area contributed by atoms with Crippen LogP contribution in [-0.4, -0.2) is 29.9 Å². The van der Waals surface area contributed by atoms with Crippen molar-refractivity contribution >= 4 is 46.7 Å². The minimum atomic E-state index is -2.06. The molecule has 0 bridgehead atoms. The standard InChI is InChI=1S/C33H38Cl2FN3O2/c1-21(2)33(36,22(3)40)25-10-8-23(9-11-25)17-31(41)39-27-13-15-30(24(18-27)7-6-16-37)38-20-32(4,5)28-14-12-26(34)19-29(28)35/h8-16,18-19,22,37-38,40H,1,6-7,17,20H2,2-5H3,(H,39,41). The number of aliphatic hydroxyl groups is 1.